The molecule has 0 aliphatic rings. The van der Waals surface area contributed by atoms with Crippen LogP contribution in [0.3, 0.4) is 0 Å². The maximum Gasteiger partial charge on any atom is 0.260 e. The van der Waals surface area contributed by atoms with Gasteiger partial charge in [-0.2, -0.15) is 0 Å². The number of nitrogens with one attached hydrogen (secondary N) is 1. The number of halogens is 1. The van der Waals surface area contributed by atoms with E-state index in [0.29, 0.717) is 25.4 Å². The highest BCUT2D eigenvalue weighted by Crippen LogP contribution is 2.26. The van der Waals surface area contributed by atoms with Gasteiger partial charge in [0.25, 0.3) is 5.91 Å². The molecule has 1 aromatic carbocycles. The van der Waals surface area contributed by atoms with E-state index in [1.54, 1.807) is 20.1 Å². The molecule has 1 amide bonds. The normalized spacial score (nSPS) is 12.0. The molecule has 0 fully saturated rings. The van der Waals surface area contributed by atoms with Crippen molar-refractivity contribution >= 4 is 21.8 Å². The van der Waals surface area contributed by atoms with E-state index in [1.165, 1.54) is 0 Å². The third-order valence-corrected chi connectivity index (χ3v) is 3.13. The summed E-state index contributed by atoms with van der Waals surface area (Å²) in [6, 6.07) is 5.55. The Labute approximate surface area is 121 Å². The highest BCUT2D eigenvalue weighted by molar-refractivity contribution is 9.10. The molecule has 0 heterocycles. The summed E-state index contributed by atoms with van der Waals surface area (Å²) in [4.78, 5) is 11.7. The lowest BCUT2D eigenvalue weighted by atomic mass is 10.2. The van der Waals surface area contributed by atoms with Gasteiger partial charge in [-0.15, -0.1) is 0 Å². The topological polar surface area (TPSA) is 73.6 Å². The summed E-state index contributed by atoms with van der Waals surface area (Å²) >= 11 is 3.40. The van der Waals surface area contributed by atoms with Crippen molar-refractivity contribution < 1.29 is 14.3 Å². The minimum Gasteiger partial charge on any atom is -0.480 e. The van der Waals surface area contributed by atoms with Crippen LogP contribution in [0.1, 0.15) is 12.5 Å². The molecule has 0 aliphatic carbocycles. The fraction of sp³-hybridized carbons (Fsp3) is 0.462. The molecule has 19 heavy (non-hydrogen) atoms. The van der Waals surface area contributed by atoms with E-state index in [-0.39, 0.29) is 5.91 Å². The second kappa shape index (κ2) is 8.14. The van der Waals surface area contributed by atoms with E-state index in [2.05, 4.69) is 21.2 Å². The number of carbonyl (C=O) groups excluding carboxylic acids is 1. The Bertz CT molecular complexity index is 426. The number of rotatable bonds is 7. The first-order valence-electron chi connectivity index (χ1n) is 6.00. The lowest BCUT2D eigenvalue weighted by Gasteiger charge is -2.16. The van der Waals surface area contributed by atoms with Gasteiger partial charge in [-0.1, -0.05) is 6.07 Å². The highest BCUT2D eigenvalue weighted by atomic mass is 79.9. The molecule has 1 unspecified atom stereocenters. The van der Waals surface area contributed by atoms with Gasteiger partial charge in [0.1, 0.15) is 5.75 Å². The van der Waals surface area contributed by atoms with Crippen molar-refractivity contribution in [3.63, 3.8) is 0 Å². The van der Waals surface area contributed by atoms with E-state index < -0.39 is 6.10 Å². The van der Waals surface area contributed by atoms with Gasteiger partial charge in [-0.25, -0.2) is 0 Å². The average molecular weight is 331 g/mol. The molecule has 1 rings (SSSR count). The predicted octanol–water partition coefficient (Wildman–Crippen LogP) is 1.44. The van der Waals surface area contributed by atoms with Crippen LogP contribution in [0.25, 0.3) is 0 Å². The van der Waals surface area contributed by atoms with Crippen LogP contribution in [-0.4, -0.2) is 32.3 Å². The van der Waals surface area contributed by atoms with Gasteiger partial charge in [0.05, 0.1) is 11.1 Å². The predicted molar refractivity (Wildman–Crippen MR) is 77.0 cm³/mol. The van der Waals surface area contributed by atoms with Crippen LogP contribution in [0.5, 0.6) is 5.75 Å². The molecule has 1 aromatic rings. The van der Waals surface area contributed by atoms with Crippen LogP contribution in [0.15, 0.2) is 22.7 Å². The second-order valence-corrected chi connectivity index (χ2v) is 4.87. The second-order valence-electron chi connectivity index (χ2n) is 4.01. The van der Waals surface area contributed by atoms with Gasteiger partial charge < -0.3 is 20.5 Å². The summed E-state index contributed by atoms with van der Waals surface area (Å²) < 4.78 is 11.2. The molecule has 0 saturated heterocycles. The Morgan fingerprint density at radius 3 is 2.84 bits per heavy atom. The maximum absolute atomic E-state index is 11.7. The molecule has 0 saturated carbocycles. The number of methoxy groups -OCH3 is 1. The molecule has 5 nitrogen and oxygen atoms in total. The van der Waals surface area contributed by atoms with Crippen LogP contribution in [0.4, 0.5) is 0 Å². The van der Waals surface area contributed by atoms with Crippen LogP contribution in [-0.2, 0) is 16.1 Å². The Kier molecular flexibility index (Phi) is 6.83. The van der Waals surface area contributed by atoms with Gasteiger partial charge in [-0.3, -0.25) is 4.79 Å². The molecule has 1 atom stereocenters. The van der Waals surface area contributed by atoms with Gasteiger partial charge in [-0.05, 0) is 40.5 Å². The first kappa shape index (κ1) is 15.9. The largest absolute Gasteiger partial charge is 0.480 e. The minimum absolute atomic E-state index is 0.174. The molecule has 0 bridgehead atoms. The molecule has 106 valence electrons. The molecule has 0 aliphatic heterocycles. The number of amides is 1. The lowest BCUT2D eigenvalue weighted by molar-refractivity contribution is -0.127. The third kappa shape index (κ3) is 5.18. The van der Waals surface area contributed by atoms with E-state index in [4.69, 9.17) is 15.2 Å². The van der Waals surface area contributed by atoms with Crippen molar-refractivity contribution in [2.24, 2.45) is 5.73 Å². The Morgan fingerprint density at radius 1 is 1.53 bits per heavy atom. The number of benzene rings is 1. The zero-order chi connectivity index (χ0) is 14.3. The van der Waals surface area contributed by atoms with Gasteiger partial charge >= 0.3 is 0 Å². The molecule has 6 heteroatoms. The fourth-order valence-corrected chi connectivity index (χ4v) is 1.95. The summed E-state index contributed by atoms with van der Waals surface area (Å²) in [6.07, 6.45) is -0.572. The average Bonchev–Trinajstić information content (AvgIpc) is 2.41. The molecule has 0 aromatic heterocycles. The van der Waals surface area contributed by atoms with Gasteiger partial charge in [0, 0.05) is 20.2 Å². The molecule has 0 radical (unpaired) electrons. The summed E-state index contributed by atoms with van der Waals surface area (Å²) in [5.74, 6) is 0.443. The van der Waals surface area contributed by atoms with Crippen LogP contribution in [0.2, 0.25) is 0 Å². The van der Waals surface area contributed by atoms with Crippen LogP contribution >= 0.6 is 15.9 Å². The van der Waals surface area contributed by atoms with E-state index in [1.807, 2.05) is 12.1 Å². The molecular weight excluding hydrogens is 312 g/mol. The fourth-order valence-electron chi connectivity index (χ4n) is 1.43. The van der Waals surface area contributed by atoms with E-state index >= 15 is 0 Å². The lowest BCUT2D eigenvalue weighted by Crippen LogP contribution is -2.38. The van der Waals surface area contributed by atoms with Crippen molar-refractivity contribution in [3.8, 4) is 5.75 Å². The molecular formula is C13H19BrN2O3. The SMILES string of the molecule is COCCNC(=O)C(C)Oc1ccc(CN)cc1Br. The van der Waals surface area contributed by atoms with Crippen molar-refractivity contribution in [3.05, 3.63) is 28.2 Å². The molecule has 3 N–H and O–H groups in total. The monoisotopic (exact) mass is 330 g/mol. The van der Waals surface area contributed by atoms with Crippen LogP contribution in [0, 0.1) is 0 Å². The summed E-state index contributed by atoms with van der Waals surface area (Å²) in [7, 11) is 1.59. The van der Waals surface area contributed by atoms with E-state index in [0.717, 1.165) is 10.0 Å². The third-order valence-electron chi connectivity index (χ3n) is 2.51. The Morgan fingerprint density at radius 2 is 2.26 bits per heavy atom. The van der Waals surface area contributed by atoms with Crippen molar-refractivity contribution in [2.45, 2.75) is 19.6 Å². The van der Waals surface area contributed by atoms with Crippen molar-refractivity contribution in [1.82, 2.24) is 5.32 Å². The summed E-state index contributed by atoms with van der Waals surface area (Å²) in [5, 5.41) is 2.72. The number of carbonyl (C=O) groups is 1. The Balaban J connectivity index is 2.56. The van der Waals surface area contributed by atoms with E-state index in [9.17, 15) is 4.79 Å². The van der Waals surface area contributed by atoms with Crippen molar-refractivity contribution in [1.29, 1.82) is 0 Å². The standard InChI is InChI=1S/C13H19BrN2O3/c1-9(13(17)16-5-6-18-2)19-12-4-3-10(8-15)7-11(12)14/h3-4,7,9H,5-6,8,15H2,1-2H3,(H,16,17). The smallest absolute Gasteiger partial charge is 0.260 e. The van der Waals surface area contributed by atoms with Gasteiger partial charge in [0.2, 0.25) is 0 Å². The van der Waals surface area contributed by atoms with Crippen LogP contribution < -0.4 is 15.8 Å². The quantitative estimate of drug-likeness (QED) is 0.742. The summed E-state index contributed by atoms with van der Waals surface area (Å²) in [5.41, 5.74) is 6.55. The molecule has 0 spiro atoms. The number of hydrogen-bond donors (Lipinski definition) is 2. The first-order chi connectivity index (χ1) is 9.08. The Hall–Kier alpha value is -1.11. The van der Waals surface area contributed by atoms with Gasteiger partial charge in [0.15, 0.2) is 6.10 Å². The minimum atomic E-state index is -0.572. The number of nitrogens with two attached hydrogens (primary N) is 1. The van der Waals surface area contributed by atoms with Crippen molar-refractivity contribution in [2.75, 3.05) is 20.3 Å². The number of hydrogen-bond acceptors (Lipinski definition) is 4. The maximum atomic E-state index is 11.7. The first-order valence-corrected chi connectivity index (χ1v) is 6.79. The zero-order valence-corrected chi connectivity index (χ0v) is 12.7. The number of ether oxygens (including phenoxy) is 2. The highest BCUT2D eigenvalue weighted by Gasteiger charge is 2.15. The zero-order valence-electron chi connectivity index (χ0n) is 11.1. The summed E-state index contributed by atoms with van der Waals surface area (Å²) in [6.45, 7) is 3.11.